The summed E-state index contributed by atoms with van der Waals surface area (Å²) in [5, 5.41) is 4.92. The van der Waals surface area contributed by atoms with Gasteiger partial charge in [-0.15, -0.1) is 0 Å². The summed E-state index contributed by atoms with van der Waals surface area (Å²) in [5.41, 5.74) is 6.68. The second-order valence-corrected chi connectivity index (χ2v) is 5.49. The maximum absolute atomic E-state index is 5.94. The van der Waals surface area contributed by atoms with Crippen molar-refractivity contribution in [2.24, 2.45) is 7.05 Å². The Hall–Kier alpha value is -1.73. The highest BCUT2D eigenvalue weighted by Crippen LogP contribution is 2.24. The fourth-order valence-electron chi connectivity index (χ4n) is 2.82. The van der Waals surface area contributed by atoms with E-state index < -0.39 is 0 Å². The molecule has 3 rings (SSSR count). The molecule has 0 saturated heterocycles. The third-order valence-corrected chi connectivity index (χ3v) is 4.03. The number of hydrogen-bond acceptors (Lipinski definition) is 6. The monoisotopic (exact) mass is 291 g/mol. The minimum atomic E-state index is 0.204. The molecule has 0 spiro atoms. The van der Waals surface area contributed by atoms with Gasteiger partial charge in [-0.2, -0.15) is 5.10 Å². The molecule has 7 heteroatoms. The average molecular weight is 291 g/mol. The van der Waals surface area contributed by atoms with Crippen LogP contribution in [0.3, 0.4) is 0 Å². The van der Waals surface area contributed by atoms with E-state index in [2.05, 4.69) is 15.1 Å². The van der Waals surface area contributed by atoms with E-state index in [4.69, 9.17) is 15.2 Å². The number of nitrogens with two attached hydrogens (primary N) is 1. The molecule has 21 heavy (non-hydrogen) atoms. The first kappa shape index (κ1) is 14.2. The number of rotatable bonds is 4. The second kappa shape index (κ2) is 5.95. The molecule has 1 fully saturated rings. The van der Waals surface area contributed by atoms with E-state index in [0.717, 1.165) is 36.7 Å². The van der Waals surface area contributed by atoms with Gasteiger partial charge in [0.15, 0.2) is 11.5 Å². The molecule has 0 bridgehead atoms. The highest BCUT2D eigenvalue weighted by atomic mass is 16.5. The normalized spacial score (nSPS) is 22.8. The van der Waals surface area contributed by atoms with Gasteiger partial charge in [0.05, 0.1) is 23.8 Å². The SMILES string of the molecule is COC1CCCC(OCc2nc(N)c3cnn(C)c3n2)C1. The Labute approximate surface area is 123 Å². The van der Waals surface area contributed by atoms with Crippen LogP contribution >= 0.6 is 0 Å². The summed E-state index contributed by atoms with van der Waals surface area (Å²) >= 11 is 0. The van der Waals surface area contributed by atoms with E-state index >= 15 is 0 Å². The van der Waals surface area contributed by atoms with E-state index in [1.165, 1.54) is 0 Å². The van der Waals surface area contributed by atoms with Gasteiger partial charge in [0.1, 0.15) is 12.4 Å². The van der Waals surface area contributed by atoms with E-state index in [9.17, 15) is 0 Å². The number of nitrogen functional groups attached to an aromatic ring is 1. The van der Waals surface area contributed by atoms with Crippen LogP contribution in [0.15, 0.2) is 6.20 Å². The van der Waals surface area contributed by atoms with Gasteiger partial charge >= 0.3 is 0 Å². The number of hydrogen-bond donors (Lipinski definition) is 1. The minimum absolute atomic E-state index is 0.204. The van der Waals surface area contributed by atoms with Gasteiger partial charge in [0.2, 0.25) is 0 Å². The first-order valence-electron chi connectivity index (χ1n) is 7.26. The Morgan fingerprint density at radius 2 is 2.14 bits per heavy atom. The predicted molar refractivity (Wildman–Crippen MR) is 78.6 cm³/mol. The van der Waals surface area contributed by atoms with Crippen LogP contribution in [-0.4, -0.2) is 39.1 Å². The van der Waals surface area contributed by atoms with Crippen LogP contribution in [0.25, 0.3) is 11.0 Å². The molecule has 2 N–H and O–H groups in total. The largest absolute Gasteiger partial charge is 0.383 e. The van der Waals surface area contributed by atoms with Crippen molar-refractivity contribution >= 4 is 16.9 Å². The Bertz CT molecular complexity index is 627. The van der Waals surface area contributed by atoms with Gasteiger partial charge in [-0.3, -0.25) is 4.68 Å². The molecule has 7 nitrogen and oxygen atoms in total. The molecule has 0 aliphatic heterocycles. The van der Waals surface area contributed by atoms with Crippen molar-refractivity contribution in [3.05, 3.63) is 12.0 Å². The predicted octanol–water partition coefficient (Wildman–Crippen LogP) is 1.42. The zero-order valence-electron chi connectivity index (χ0n) is 12.5. The zero-order valence-corrected chi connectivity index (χ0v) is 12.5. The second-order valence-electron chi connectivity index (χ2n) is 5.49. The van der Waals surface area contributed by atoms with E-state index in [1.54, 1.807) is 18.0 Å². The number of aryl methyl sites for hydroxylation is 1. The molecular weight excluding hydrogens is 270 g/mol. The molecule has 1 aliphatic carbocycles. The van der Waals surface area contributed by atoms with Gasteiger partial charge in [-0.25, -0.2) is 9.97 Å². The van der Waals surface area contributed by atoms with Crippen LogP contribution in [0.1, 0.15) is 31.5 Å². The minimum Gasteiger partial charge on any atom is -0.383 e. The van der Waals surface area contributed by atoms with Crippen molar-refractivity contribution in [2.45, 2.75) is 44.5 Å². The number of nitrogens with zero attached hydrogens (tertiary/aromatic N) is 4. The Balaban J connectivity index is 1.69. The molecule has 2 heterocycles. The number of methoxy groups -OCH3 is 1. The molecule has 0 amide bonds. The first-order valence-corrected chi connectivity index (χ1v) is 7.26. The average Bonchev–Trinajstić information content (AvgIpc) is 2.87. The summed E-state index contributed by atoms with van der Waals surface area (Å²) in [6.45, 7) is 0.367. The number of aromatic nitrogens is 4. The highest BCUT2D eigenvalue weighted by molar-refractivity contribution is 5.84. The maximum Gasteiger partial charge on any atom is 0.163 e. The highest BCUT2D eigenvalue weighted by Gasteiger charge is 2.22. The van der Waals surface area contributed by atoms with E-state index in [1.807, 2.05) is 7.05 Å². The molecule has 2 atom stereocenters. The quantitative estimate of drug-likeness (QED) is 0.916. The smallest absolute Gasteiger partial charge is 0.163 e. The summed E-state index contributed by atoms with van der Waals surface area (Å²) in [7, 11) is 3.59. The zero-order chi connectivity index (χ0) is 14.8. The van der Waals surface area contributed by atoms with Crippen molar-refractivity contribution in [1.29, 1.82) is 0 Å². The van der Waals surface area contributed by atoms with Gasteiger partial charge in [0.25, 0.3) is 0 Å². The Morgan fingerprint density at radius 1 is 1.33 bits per heavy atom. The lowest BCUT2D eigenvalue weighted by Gasteiger charge is -2.27. The van der Waals surface area contributed by atoms with Gasteiger partial charge < -0.3 is 15.2 Å². The maximum atomic E-state index is 5.94. The van der Waals surface area contributed by atoms with Crippen molar-refractivity contribution < 1.29 is 9.47 Å². The van der Waals surface area contributed by atoms with Crippen LogP contribution in [0.4, 0.5) is 5.82 Å². The first-order chi connectivity index (χ1) is 10.2. The topological polar surface area (TPSA) is 88.1 Å². The number of anilines is 1. The van der Waals surface area contributed by atoms with Crippen LogP contribution in [0.2, 0.25) is 0 Å². The number of ether oxygens (including phenoxy) is 2. The van der Waals surface area contributed by atoms with Crippen molar-refractivity contribution in [3.8, 4) is 0 Å². The third-order valence-electron chi connectivity index (χ3n) is 4.03. The third kappa shape index (κ3) is 2.98. The molecule has 0 aromatic carbocycles. The van der Waals surface area contributed by atoms with Crippen LogP contribution in [-0.2, 0) is 23.1 Å². The molecule has 114 valence electrons. The molecule has 2 aromatic rings. The Morgan fingerprint density at radius 3 is 2.95 bits per heavy atom. The summed E-state index contributed by atoms with van der Waals surface area (Å²) in [6.07, 6.45) is 6.42. The van der Waals surface area contributed by atoms with Crippen molar-refractivity contribution in [1.82, 2.24) is 19.7 Å². The molecule has 1 aliphatic rings. The number of fused-ring (bicyclic) bond motifs is 1. The fraction of sp³-hybridized carbons (Fsp3) is 0.643. The van der Waals surface area contributed by atoms with E-state index in [-0.39, 0.29) is 6.10 Å². The molecule has 0 radical (unpaired) electrons. The van der Waals surface area contributed by atoms with E-state index in [0.29, 0.717) is 24.4 Å². The van der Waals surface area contributed by atoms with Crippen LogP contribution in [0, 0.1) is 0 Å². The molecular formula is C14H21N5O2. The fourth-order valence-corrected chi connectivity index (χ4v) is 2.82. The Kier molecular flexibility index (Phi) is 4.03. The summed E-state index contributed by atoms with van der Waals surface area (Å²) in [6, 6.07) is 0. The molecule has 2 aromatic heterocycles. The summed E-state index contributed by atoms with van der Waals surface area (Å²) < 4.78 is 13.0. The molecule has 1 saturated carbocycles. The van der Waals surface area contributed by atoms with Crippen LogP contribution in [0.5, 0.6) is 0 Å². The molecule has 2 unspecified atom stereocenters. The van der Waals surface area contributed by atoms with Crippen molar-refractivity contribution in [3.63, 3.8) is 0 Å². The van der Waals surface area contributed by atoms with Gasteiger partial charge in [-0.1, -0.05) is 0 Å². The van der Waals surface area contributed by atoms with Crippen molar-refractivity contribution in [2.75, 3.05) is 12.8 Å². The van der Waals surface area contributed by atoms with Gasteiger partial charge in [-0.05, 0) is 25.7 Å². The summed E-state index contributed by atoms with van der Waals surface area (Å²) in [4.78, 5) is 8.77. The summed E-state index contributed by atoms with van der Waals surface area (Å²) in [5.74, 6) is 1.05. The lowest BCUT2D eigenvalue weighted by Crippen LogP contribution is -2.27. The lowest BCUT2D eigenvalue weighted by molar-refractivity contribution is -0.0380. The van der Waals surface area contributed by atoms with Crippen LogP contribution < -0.4 is 5.73 Å². The lowest BCUT2D eigenvalue weighted by atomic mass is 9.95. The standard InChI is InChI=1S/C14H21N5O2/c1-19-14-11(7-16-19)13(15)17-12(18-14)8-21-10-5-3-4-9(6-10)20-2/h7,9-10H,3-6,8H2,1-2H3,(H2,15,17,18). The van der Waals surface area contributed by atoms with Gasteiger partial charge in [0, 0.05) is 14.2 Å².